The van der Waals surface area contributed by atoms with Crippen molar-refractivity contribution in [2.24, 2.45) is 0 Å². The summed E-state index contributed by atoms with van der Waals surface area (Å²) >= 11 is 6.84. The Hall–Kier alpha value is -2.83. The van der Waals surface area contributed by atoms with E-state index in [1.54, 1.807) is 0 Å². The smallest absolute Gasteiger partial charge is 0.161 e. The molecule has 3 heterocycles. The standard InChI is InChI=1S/C22H22ClN5O/c1-13-3-4-18-16(11-26-27-18)21(13)14-10-19-15(9-17(14)23)22-20(12-25-19)29-8-7-28(22)6-5-24-2/h3-4,9-12,24H,5-8H2,1-2H3,(H,26,27). The molecule has 2 aromatic heterocycles. The van der Waals surface area contributed by atoms with Gasteiger partial charge in [-0.25, -0.2) is 0 Å². The lowest BCUT2D eigenvalue weighted by Gasteiger charge is -2.32. The first kappa shape index (κ1) is 18.2. The van der Waals surface area contributed by atoms with E-state index in [2.05, 4.69) is 44.5 Å². The van der Waals surface area contributed by atoms with Gasteiger partial charge in [-0.15, -0.1) is 0 Å². The van der Waals surface area contributed by atoms with E-state index in [4.69, 9.17) is 16.3 Å². The first-order valence-corrected chi connectivity index (χ1v) is 10.1. The largest absolute Gasteiger partial charge is 0.488 e. The van der Waals surface area contributed by atoms with Crippen LogP contribution in [-0.4, -0.2) is 48.5 Å². The molecule has 0 unspecified atom stereocenters. The molecule has 0 radical (unpaired) electrons. The third-order valence-electron chi connectivity index (χ3n) is 5.56. The Morgan fingerprint density at radius 2 is 2.14 bits per heavy atom. The number of likely N-dealkylation sites (N-methyl/N-ethyl adjacent to an activating group) is 1. The van der Waals surface area contributed by atoms with Crippen molar-refractivity contribution < 1.29 is 4.74 Å². The molecule has 7 heteroatoms. The number of anilines is 1. The molecule has 0 spiro atoms. The van der Waals surface area contributed by atoms with Gasteiger partial charge in [-0.05, 0) is 43.3 Å². The van der Waals surface area contributed by atoms with Crippen LogP contribution in [0.5, 0.6) is 5.75 Å². The molecule has 0 fully saturated rings. The van der Waals surface area contributed by atoms with Crippen LogP contribution >= 0.6 is 11.6 Å². The molecule has 148 valence electrons. The quantitative estimate of drug-likeness (QED) is 0.531. The predicted octanol–water partition coefficient (Wildman–Crippen LogP) is 4.16. The van der Waals surface area contributed by atoms with E-state index in [1.807, 2.05) is 31.6 Å². The Morgan fingerprint density at radius 1 is 1.24 bits per heavy atom. The van der Waals surface area contributed by atoms with Crippen molar-refractivity contribution in [1.29, 1.82) is 0 Å². The van der Waals surface area contributed by atoms with Crippen LogP contribution in [0.15, 0.2) is 36.7 Å². The number of aromatic amines is 1. The van der Waals surface area contributed by atoms with Gasteiger partial charge >= 0.3 is 0 Å². The Kier molecular flexibility index (Phi) is 4.53. The number of hydrogen-bond acceptors (Lipinski definition) is 5. The summed E-state index contributed by atoms with van der Waals surface area (Å²) in [6, 6.07) is 8.24. The highest BCUT2D eigenvalue weighted by molar-refractivity contribution is 6.35. The second-order valence-electron chi connectivity index (χ2n) is 7.35. The van der Waals surface area contributed by atoms with Crippen LogP contribution in [-0.2, 0) is 0 Å². The molecule has 1 aliphatic heterocycles. The topological polar surface area (TPSA) is 66.1 Å². The van der Waals surface area contributed by atoms with Crippen LogP contribution < -0.4 is 15.0 Å². The SMILES string of the molecule is CNCCN1CCOc2cnc3cc(-c4c(C)ccc5[nH]ncc45)c(Cl)cc3c21. The molecule has 5 rings (SSSR count). The molecule has 2 N–H and O–H groups in total. The van der Waals surface area contributed by atoms with E-state index in [9.17, 15) is 0 Å². The molecule has 0 bridgehead atoms. The second kappa shape index (κ2) is 7.21. The highest BCUT2D eigenvalue weighted by Gasteiger charge is 2.23. The molecule has 0 aliphatic carbocycles. The third-order valence-corrected chi connectivity index (χ3v) is 5.88. The van der Waals surface area contributed by atoms with E-state index in [0.717, 1.165) is 69.6 Å². The van der Waals surface area contributed by atoms with Gasteiger partial charge in [0.15, 0.2) is 5.75 Å². The van der Waals surface area contributed by atoms with Gasteiger partial charge in [0.05, 0.1) is 35.7 Å². The number of fused-ring (bicyclic) bond motifs is 4. The van der Waals surface area contributed by atoms with E-state index in [0.29, 0.717) is 11.6 Å². The molecular formula is C22H22ClN5O. The summed E-state index contributed by atoms with van der Waals surface area (Å²) in [7, 11) is 1.97. The van der Waals surface area contributed by atoms with Crippen LogP contribution in [0.1, 0.15) is 5.56 Å². The zero-order valence-corrected chi connectivity index (χ0v) is 17.2. The van der Waals surface area contributed by atoms with Gasteiger partial charge in [0.2, 0.25) is 0 Å². The molecule has 2 aromatic carbocycles. The van der Waals surface area contributed by atoms with E-state index < -0.39 is 0 Å². The Balaban J connectivity index is 1.72. The first-order chi connectivity index (χ1) is 14.2. The fourth-order valence-corrected chi connectivity index (χ4v) is 4.39. The Bertz CT molecular complexity index is 1220. The minimum atomic E-state index is 0.664. The van der Waals surface area contributed by atoms with Crippen molar-refractivity contribution in [3.05, 3.63) is 47.2 Å². The number of nitrogens with one attached hydrogen (secondary N) is 2. The average Bonchev–Trinajstić information content (AvgIpc) is 3.20. The van der Waals surface area contributed by atoms with Gasteiger partial charge in [-0.3, -0.25) is 10.1 Å². The zero-order valence-electron chi connectivity index (χ0n) is 16.4. The molecule has 4 aromatic rings. The van der Waals surface area contributed by atoms with Gasteiger partial charge in [0, 0.05) is 34.4 Å². The maximum absolute atomic E-state index is 6.84. The lowest BCUT2D eigenvalue weighted by Crippen LogP contribution is -2.37. The molecular weight excluding hydrogens is 386 g/mol. The van der Waals surface area contributed by atoms with Crippen molar-refractivity contribution in [1.82, 2.24) is 20.5 Å². The number of H-pyrrole nitrogens is 1. The van der Waals surface area contributed by atoms with Crippen molar-refractivity contribution in [2.45, 2.75) is 6.92 Å². The monoisotopic (exact) mass is 407 g/mol. The minimum absolute atomic E-state index is 0.664. The van der Waals surface area contributed by atoms with Gasteiger partial charge in [0.25, 0.3) is 0 Å². The number of aromatic nitrogens is 3. The predicted molar refractivity (Wildman–Crippen MR) is 118 cm³/mol. The van der Waals surface area contributed by atoms with Crippen molar-refractivity contribution in [3.63, 3.8) is 0 Å². The second-order valence-corrected chi connectivity index (χ2v) is 7.76. The number of aryl methyl sites for hydroxylation is 1. The van der Waals surface area contributed by atoms with E-state index >= 15 is 0 Å². The summed E-state index contributed by atoms with van der Waals surface area (Å²) in [5.41, 5.74) is 6.18. The summed E-state index contributed by atoms with van der Waals surface area (Å²) in [6.45, 7) is 5.41. The number of nitrogens with zero attached hydrogens (tertiary/aromatic N) is 3. The number of halogens is 1. The van der Waals surface area contributed by atoms with Crippen LogP contribution in [0.2, 0.25) is 5.02 Å². The molecule has 0 atom stereocenters. The summed E-state index contributed by atoms with van der Waals surface area (Å²) in [4.78, 5) is 7.03. The molecule has 0 saturated carbocycles. The molecule has 1 aliphatic rings. The average molecular weight is 408 g/mol. The number of pyridine rings is 1. The van der Waals surface area contributed by atoms with E-state index in [1.165, 1.54) is 0 Å². The van der Waals surface area contributed by atoms with Crippen molar-refractivity contribution >= 4 is 39.1 Å². The Labute approximate surface area is 173 Å². The molecule has 6 nitrogen and oxygen atoms in total. The van der Waals surface area contributed by atoms with Crippen LogP contribution in [0.3, 0.4) is 0 Å². The molecule has 0 amide bonds. The van der Waals surface area contributed by atoms with E-state index in [-0.39, 0.29) is 0 Å². The molecule has 0 saturated heterocycles. The van der Waals surface area contributed by atoms with Crippen molar-refractivity contribution in [3.8, 4) is 16.9 Å². The normalized spacial score (nSPS) is 13.7. The number of rotatable bonds is 4. The van der Waals surface area contributed by atoms with Gasteiger partial charge in [-0.2, -0.15) is 5.10 Å². The third kappa shape index (κ3) is 2.99. The summed E-state index contributed by atoms with van der Waals surface area (Å²) in [5, 5.41) is 13.2. The Morgan fingerprint density at radius 3 is 3.00 bits per heavy atom. The highest BCUT2D eigenvalue weighted by Crippen LogP contribution is 2.43. The van der Waals surface area contributed by atoms with Crippen LogP contribution in [0, 0.1) is 6.92 Å². The summed E-state index contributed by atoms with van der Waals surface area (Å²) in [5.74, 6) is 0.816. The summed E-state index contributed by atoms with van der Waals surface area (Å²) in [6.07, 6.45) is 3.68. The summed E-state index contributed by atoms with van der Waals surface area (Å²) < 4.78 is 5.88. The maximum atomic E-state index is 6.84. The molecule has 29 heavy (non-hydrogen) atoms. The first-order valence-electron chi connectivity index (χ1n) is 9.75. The lowest BCUT2D eigenvalue weighted by molar-refractivity contribution is 0.307. The number of hydrogen-bond donors (Lipinski definition) is 2. The highest BCUT2D eigenvalue weighted by atomic mass is 35.5. The van der Waals surface area contributed by atoms with Crippen LogP contribution in [0.25, 0.3) is 32.9 Å². The fourth-order valence-electron chi connectivity index (χ4n) is 4.14. The fraction of sp³-hybridized carbons (Fsp3) is 0.273. The minimum Gasteiger partial charge on any atom is -0.488 e. The van der Waals surface area contributed by atoms with Gasteiger partial charge in [0.1, 0.15) is 6.61 Å². The number of ether oxygens (including phenoxy) is 1. The zero-order chi connectivity index (χ0) is 20.0. The van der Waals surface area contributed by atoms with Crippen molar-refractivity contribution in [2.75, 3.05) is 38.2 Å². The number of benzene rings is 2. The van der Waals surface area contributed by atoms with Crippen LogP contribution in [0.4, 0.5) is 5.69 Å². The lowest BCUT2D eigenvalue weighted by atomic mass is 9.95. The maximum Gasteiger partial charge on any atom is 0.161 e. The van der Waals surface area contributed by atoms with Gasteiger partial charge < -0.3 is 15.0 Å². The van der Waals surface area contributed by atoms with Gasteiger partial charge in [-0.1, -0.05) is 17.7 Å².